The average Bonchev–Trinajstić information content (AvgIpc) is 3.27. The lowest BCUT2D eigenvalue weighted by Gasteiger charge is -2.29. The zero-order valence-electron chi connectivity index (χ0n) is 34.8. The molecular formula is C49H52O14. The van der Waals surface area contributed by atoms with E-state index in [4.69, 9.17) is 28.4 Å². The number of esters is 4. The Morgan fingerprint density at radius 3 is 1.70 bits per heavy atom. The van der Waals surface area contributed by atoms with Gasteiger partial charge in [-0.05, 0) is 60.1 Å². The molecule has 0 bridgehead atoms. The number of benzene rings is 2. The van der Waals surface area contributed by atoms with Gasteiger partial charge in [-0.15, -0.1) is 0 Å². The topological polar surface area (TPSA) is 205 Å². The predicted octanol–water partition coefficient (Wildman–Crippen LogP) is 4.86. The summed E-state index contributed by atoms with van der Waals surface area (Å²) in [7, 11) is 0. The minimum absolute atomic E-state index is 0.00463. The van der Waals surface area contributed by atoms with Crippen LogP contribution >= 0.6 is 0 Å². The third kappa shape index (κ3) is 13.1. The van der Waals surface area contributed by atoms with Gasteiger partial charge in [0, 0.05) is 49.2 Å². The summed E-state index contributed by atoms with van der Waals surface area (Å²) >= 11 is 0. The van der Waals surface area contributed by atoms with Crippen molar-refractivity contribution in [2.75, 3.05) is 26.4 Å². The number of aliphatic hydroxyl groups excluding tert-OH is 4. The van der Waals surface area contributed by atoms with E-state index in [0.29, 0.717) is 33.8 Å². The van der Waals surface area contributed by atoms with Crippen molar-refractivity contribution in [3.8, 4) is 0 Å². The summed E-state index contributed by atoms with van der Waals surface area (Å²) in [4.78, 5) is 49.7. The van der Waals surface area contributed by atoms with Gasteiger partial charge in [0.05, 0.1) is 62.0 Å². The van der Waals surface area contributed by atoms with E-state index >= 15 is 0 Å². The first kappa shape index (κ1) is 46.2. The largest absolute Gasteiger partial charge is 0.494 e. The summed E-state index contributed by atoms with van der Waals surface area (Å²) in [5.74, 6) is -1.63. The zero-order chi connectivity index (χ0) is 44.9. The van der Waals surface area contributed by atoms with Crippen LogP contribution in [0.5, 0.6) is 0 Å². The van der Waals surface area contributed by atoms with Crippen molar-refractivity contribution in [2.45, 2.75) is 69.2 Å². The van der Waals surface area contributed by atoms with Gasteiger partial charge in [-0.2, -0.15) is 0 Å². The number of allylic oxidation sites excluding steroid dienone is 2. The number of fused-ring (bicyclic) bond motifs is 2. The lowest BCUT2D eigenvalue weighted by molar-refractivity contribution is -0.142. The molecule has 4 N–H and O–H groups in total. The molecule has 2 aliphatic heterocycles. The zero-order valence-corrected chi connectivity index (χ0v) is 34.8. The van der Waals surface area contributed by atoms with Gasteiger partial charge in [-0.25, -0.2) is 19.2 Å². The standard InChI is InChI=1S/C49H52O14/c1-30(2)47(55)61-24-20-43(53)41(51)18-22-59-37-15-13-35-27-39(49(57)63-45(35)29-37)33-10-6-7-31(25-33)11-16-46(54)60-23-19-42(52)40(50)17-21-58-36-14-12-34-26-38(32-8-4-3-5-9-32)48(56)62-44(34)28-36/h3-16,25-29,34-35,40-45,50-53H,1,17-24H2,2H3/b16-11+. The molecule has 4 aliphatic rings. The molecule has 14 nitrogen and oxygen atoms in total. The van der Waals surface area contributed by atoms with Gasteiger partial charge in [0.1, 0.15) is 23.7 Å². The van der Waals surface area contributed by atoms with E-state index in [9.17, 15) is 39.6 Å². The summed E-state index contributed by atoms with van der Waals surface area (Å²) in [6, 6.07) is 16.3. The highest BCUT2D eigenvalue weighted by Crippen LogP contribution is 2.34. The number of hydrogen-bond acceptors (Lipinski definition) is 14. The van der Waals surface area contributed by atoms with Gasteiger partial charge >= 0.3 is 23.9 Å². The van der Waals surface area contributed by atoms with Gasteiger partial charge in [0.25, 0.3) is 0 Å². The van der Waals surface area contributed by atoms with E-state index in [1.807, 2.05) is 48.6 Å². The van der Waals surface area contributed by atoms with Crippen molar-refractivity contribution in [2.24, 2.45) is 11.8 Å². The molecule has 8 atom stereocenters. The third-order valence-electron chi connectivity index (χ3n) is 10.6. The van der Waals surface area contributed by atoms with E-state index in [0.717, 1.165) is 5.56 Å². The summed E-state index contributed by atoms with van der Waals surface area (Å²) in [5, 5.41) is 41.4. The van der Waals surface area contributed by atoms with E-state index in [1.165, 1.54) is 19.1 Å². The van der Waals surface area contributed by atoms with Crippen molar-refractivity contribution in [1.82, 2.24) is 0 Å². The van der Waals surface area contributed by atoms with E-state index in [1.54, 1.807) is 54.6 Å². The minimum Gasteiger partial charge on any atom is -0.494 e. The molecule has 0 spiro atoms. The first-order valence-corrected chi connectivity index (χ1v) is 20.8. The van der Waals surface area contributed by atoms with Crippen LogP contribution in [0, 0.1) is 11.8 Å². The van der Waals surface area contributed by atoms with Crippen molar-refractivity contribution >= 4 is 41.1 Å². The highest BCUT2D eigenvalue weighted by Gasteiger charge is 2.33. The highest BCUT2D eigenvalue weighted by molar-refractivity contribution is 6.18. The Bertz CT molecular complexity index is 2210. The Balaban J connectivity index is 0.887. The average molecular weight is 865 g/mol. The Morgan fingerprint density at radius 1 is 0.667 bits per heavy atom. The molecule has 0 fully saturated rings. The van der Waals surface area contributed by atoms with Crippen molar-refractivity contribution < 1.29 is 68.0 Å². The predicted molar refractivity (Wildman–Crippen MR) is 230 cm³/mol. The first-order chi connectivity index (χ1) is 30.3. The lowest BCUT2D eigenvalue weighted by Crippen LogP contribution is -2.31. The van der Waals surface area contributed by atoms with Crippen LogP contribution in [0.1, 0.15) is 49.3 Å². The molecule has 8 unspecified atom stereocenters. The van der Waals surface area contributed by atoms with Gasteiger partial charge in [0.2, 0.25) is 0 Å². The number of hydrogen-bond donors (Lipinski definition) is 4. The third-order valence-corrected chi connectivity index (χ3v) is 10.6. The lowest BCUT2D eigenvalue weighted by atomic mass is 9.89. The maximum Gasteiger partial charge on any atom is 0.339 e. The van der Waals surface area contributed by atoms with E-state index < -0.39 is 60.5 Å². The van der Waals surface area contributed by atoms with Crippen molar-refractivity contribution in [3.05, 3.63) is 150 Å². The molecule has 2 aromatic carbocycles. The molecule has 2 aromatic rings. The quantitative estimate of drug-likeness (QED) is 0.0753. The van der Waals surface area contributed by atoms with E-state index in [-0.39, 0.29) is 69.5 Å². The van der Waals surface area contributed by atoms with Crippen molar-refractivity contribution in [3.63, 3.8) is 0 Å². The second-order valence-corrected chi connectivity index (χ2v) is 15.4. The smallest absolute Gasteiger partial charge is 0.339 e. The van der Waals surface area contributed by atoms with Crippen LogP contribution in [0.15, 0.2) is 133 Å². The van der Waals surface area contributed by atoms with Crippen LogP contribution < -0.4 is 0 Å². The number of aliphatic hydroxyl groups is 4. The molecule has 0 saturated heterocycles. The molecule has 332 valence electrons. The molecule has 14 heteroatoms. The Labute approximate surface area is 365 Å². The Hall–Kier alpha value is -6.32. The second-order valence-electron chi connectivity index (χ2n) is 15.4. The summed E-state index contributed by atoms with van der Waals surface area (Å²) in [6.45, 7) is 4.98. The van der Waals surface area contributed by atoms with Gasteiger partial charge in [-0.1, -0.05) is 79.4 Å². The van der Waals surface area contributed by atoms with Gasteiger partial charge in [-0.3, -0.25) is 0 Å². The summed E-state index contributed by atoms with van der Waals surface area (Å²) < 4.78 is 33.1. The fourth-order valence-corrected chi connectivity index (χ4v) is 7.01. The van der Waals surface area contributed by atoms with E-state index in [2.05, 4.69) is 6.58 Å². The number of ether oxygens (including phenoxy) is 6. The number of rotatable bonds is 21. The maximum absolute atomic E-state index is 13.1. The summed E-state index contributed by atoms with van der Waals surface area (Å²) in [6.07, 6.45) is 11.7. The van der Waals surface area contributed by atoms with Crippen molar-refractivity contribution in [1.29, 1.82) is 0 Å². The van der Waals surface area contributed by atoms with Gasteiger partial charge < -0.3 is 48.8 Å². The minimum atomic E-state index is -1.17. The van der Waals surface area contributed by atoms with Crippen LogP contribution in [0.3, 0.4) is 0 Å². The summed E-state index contributed by atoms with van der Waals surface area (Å²) in [5.41, 5.74) is 3.11. The fourth-order valence-electron chi connectivity index (χ4n) is 7.01. The molecule has 6 rings (SSSR count). The molecule has 63 heavy (non-hydrogen) atoms. The van der Waals surface area contributed by atoms with Crippen LogP contribution in [0.25, 0.3) is 17.2 Å². The molecule has 2 aliphatic carbocycles. The highest BCUT2D eigenvalue weighted by atomic mass is 16.6. The van der Waals surface area contributed by atoms with Crippen LogP contribution in [0.4, 0.5) is 0 Å². The normalized spacial score (nSPS) is 22.0. The molecule has 0 amide bonds. The number of carbonyl (C=O) groups is 4. The van der Waals surface area contributed by atoms with Crippen LogP contribution in [-0.4, -0.2) is 107 Å². The van der Waals surface area contributed by atoms with Crippen LogP contribution in [-0.2, 0) is 47.6 Å². The molecule has 0 aromatic heterocycles. The Kier molecular flexibility index (Phi) is 16.2. The van der Waals surface area contributed by atoms with Crippen LogP contribution in [0.2, 0.25) is 0 Å². The number of carbonyl (C=O) groups excluding carboxylic acids is 4. The second kappa shape index (κ2) is 22.2. The molecular weight excluding hydrogens is 813 g/mol. The SMILES string of the molecule is C=C(C)C(=O)OCCC(O)C(O)CCOC1=CC2OC(=O)C(c3cccc(/C=C/C(=O)OCCC(O)C(O)CCOC4=CC5OC(=O)C(c6ccccc6)=CC5C=C4)c3)=CC2C=C1. The molecule has 0 saturated carbocycles. The first-order valence-electron chi connectivity index (χ1n) is 20.8. The van der Waals surface area contributed by atoms with Gasteiger partial charge in [0.15, 0.2) is 0 Å². The monoisotopic (exact) mass is 864 g/mol. The maximum atomic E-state index is 13.1. The molecule has 0 radical (unpaired) electrons. The Morgan fingerprint density at radius 2 is 1.16 bits per heavy atom. The fraction of sp³-hybridized carbons (Fsp3) is 0.347. The molecule has 2 heterocycles.